The molecular formula is C27H22N2O2. The van der Waals surface area contributed by atoms with E-state index >= 15 is 0 Å². The molecular weight excluding hydrogens is 384 g/mol. The summed E-state index contributed by atoms with van der Waals surface area (Å²) >= 11 is 0. The third-order valence-electron chi connectivity index (χ3n) is 5.48. The largest absolute Gasteiger partial charge is 0.493 e. The number of benzene rings is 4. The van der Waals surface area contributed by atoms with E-state index < -0.39 is 0 Å². The summed E-state index contributed by atoms with van der Waals surface area (Å²) in [6.07, 6.45) is 0. The smallest absolute Gasteiger partial charge is 0.161 e. The van der Waals surface area contributed by atoms with Gasteiger partial charge in [0.15, 0.2) is 11.5 Å². The van der Waals surface area contributed by atoms with Gasteiger partial charge in [0.25, 0.3) is 0 Å². The number of para-hydroxylation sites is 2. The third kappa shape index (κ3) is 3.64. The van der Waals surface area contributed by atoms with Crippen LogP contribution in [0.15, 0.2) is 91.0 Å². The normalized spacial score (nSPS) is 10.9. The van der Waals surface area contributed by atoms with Crippen LogP contribution in [0, 0.1) is 0 Å². The fourth-order valence-electron chi connectivity index (χ4n) is 3.78. The van der Waals surface area contributed by atoms with Gasteiger partial charge in [-0.25, -0.2) is 4.98 Å². The molecule has 5 rings (SSSR count). The Morgan fingerprint density at radius 3 is 1.74 bits per heavy atom. The molecule has 1 aromatic heterocycles. The lowest BCUT2D eigenvalue weighted by Crippen LogP contribution is -1.90. The number of aromatic nitrogens is 2. The Balaban J connectivity index is 1.39. The Kier molecular flexibility index (Phi) is 4.89. The molecule has 1 heterocycles. The summed E-state index contributed by atoms with van der Waals surface area (Å²) in [5.41, 5.74) is 7.65. The number of rotatable bonds is 5. The van der Waals surface area contributed by atoms with Gasteiger partial charge in [0, 0.05) is 5.56 Å². The van der Waals surface area contributed by atoms with E-state index in [0.717, 1.165) is 45.0 Å². The van der Waals surface area contributed by atoms with E-state index in [-0.39, 0.29) is 0 Å². The maximum Gasteiger partial charge on any atom is 0.161 e. The van der Waals surface area contributed by atoms with E-state index in [9.17, 15) is 0 Å². The molecule has 31 heavy (non-hydrogen) atoms. The summed E-state index contributed by atoms with van der Waals surface area (Å²) in [6.45, 7) is 0. The van der Waals surface area contributed by atoms with Crippen LogP contribution in [0.1, 0.15) is 0 Å². The van der Waals surface area contributed by atoms with E-state index in [2.05, 4.69) is 58.5 Å². The molecule has 0 aliphatic carbocycles. The fourth-order valence-corrected chi connectivity index (χ4v) is 3.78. The van der Waals surface area contributed by atoms with Crippen LogP contribution in [-0.2, 0) is 0 Å². The highest BCUT2D eigenvalue weighted by Crippen LogP contribution is 2.33. The van der Waals surface area contributed by atoms with Crippen molar-refractivity contribution in [1.82, 2.24) is 9.97 Å². The molecule has 0 saturated carbocycles. The first-order valence-electron chi connectivity index (χ1n) is 10.1. The van der Waals surface area contributed by atoms with Gasteiger partial charge in [0.05, 0.1) is 25.3 Å². The minimum atomic E-state index is 0.727. The lowest BCUT2D eigenvalue weighted by Gasteiger charge is -2.10. The van der Waals surface area contributed by atoms with E-state index in [1.54, 1.807) is 14.2 Å². The summed E-state index contributed by atoms with van der Waals surface area (Å²) in [5, 5.41) is 0. The third-order valence-corrected chi connectivity index (χ3v) is 5.48. The maximum absolute atomic E-state index is 5.43. The Labute approximate surface area is 181 Å². The lowest BCUT2D eigenvalue weighted by atomic mass is 9.99. The summed E-state index contributed by atoms with van der Waals surface area (Å²) in [4.78, 5) is 8.07. The topological polar surface area (TPSA) is 47.1 Å². The number of fused-ring (bicyclic) bond motifs is 1. The van der Waals surface area contributed by atoms with Gasteiger partial charge >= 0.3 is 0 Å². The molecule has 0 spiro atoms. The molecule has 0 aliphatic rings. The van der Waals surface area contributed by atoms with Gasteiger partial charge in [-0.05, 0) is 46.5 Å². The molecule has 0 aliphatic heterocycles. The summed E-state index contributed by atoms with van der Waals surface area (Å²) in [5.74, 6) is 2.34. The van der Waals surface area contributed by atoms with Crippen LogP contribution in [0.3, 0.4) is 0 Å². The molecule has 0 amide bonds. The van der Waals surface area contributed by atoms with Gasteiger partial charge in [0.1, 0.15) is 5.82 Å². The Morgan fingerprint density at radius 2 is 1.13 bits per heavy atom. The number of hydrogen-bond acceptors (Lipinski definition) is 3. The second kappa shape index (κ2) is 8.00. The Morgan fingerprint density at radius 1 is 0.581 bits per heavy atom. The van der Waals surface area contributed by atoms with E-state index in [1.165, 1.54) is 11.1 Å². The van der Waals surface area contributed by atoms with Crippen LogP contribution < -0.4 is 9.47 Å². The quantitative estimate of drug-likeness (QED) is 0.358. The van der Waals surface area contributed by atoms with Crippen molar-refractivity contribution in [2.24, 2.45) is 0 Å². The first kappa shape index (κ1) is 18.9. The summed E-state index contributed by atoms with van der Waals surface area (Å²) < 4.78 is 10.8. The first-order chi connectivity index (χ1) is 15.2. The molecule has 0 saturated heterocycles. The van der Waals surface area contributed by atoms with Crippen molar-refractivity contribution in [1.29, 1.82) is 0 Å². The van der Waals surface area contributed by atoms with Crippen molar-refractivity contribution in [2.75, 3.05) is 14.2 Å². The fraction of sp³-hybridized carbons (Fsp3) is 0.0741. The van der Waals surface area contributed by atoms with Crippen molar-refractivity contribution < 1.29 is 9.47 Å². The zero-order valence-corrected chi connectivity index (χ0v) is 17.4. The van der Waals surface area contributed by atoms with Crippen LogP contribution in [0.4, 0.5) is 0 Å². The number of aromatic amines is 1. The molecule has 0 bridgehead atoms. The number of methoxy groups -OCH3 is 2. The number of imidazole rings is 1. The number of nitrogens with zero attached hydrogens (tertiary/aromatic N) is 1. The van der Waals surface area contributed by atoms with E-state index in [4.69, 9.17) is 9.47 Å². The molecule has 0 fully saturated rings. The molecule has 152 valence electrons. The van der Waals surface area contributed by atoms with Crippen molar-refractivity contribution in [3.05, 3.63) is 91.0 Å². The monoisotopic (exact) mass is 406 g/mol. The predicted octanol–water partition coefficient (Wildman–Crippen LogP) is 6.58. The molecule has 4 heteroatoms. The molecule has 4 nitrogen and oxygen atoms in total. The SMILES string of the molecule is COc1ccc(-c2ccc(-c3ccc(-c4nc5ccccc5[nH]4)cc3)cc2)cc1OC. The highest BCUT2D eigenvalue weighted by atomic mass is 16.5. The predicted molar refractivity (Wildman–Crippen MR) is 126 cm³/mol. The zero-order valence-electron chi connectivity index (χ0n) is 17.4. The van der Waals surface area contributed by atoms with Gasteiger partial charge in [0.2, 0.25) is 0 Å². The van der Waals surface area contributed by atoms with Crippen LogP contribution in [0.5, 0.6) is 11.5 Å². The van der Waals surface area contributed by atoms with Crippen molar-refractivity contribution in [3.8, 4) is 45.1 Å². The van der Waals surface area contributed by atoms with Gasteiger partial charge in [-0.3, -0.25) is 0 Å². The van der Waals surface area contributed by atoms with Gasteiger partial charge in [-0.15, -0.1) is 0 Å². The van der Waals surface area contributed by atoms with Crippen molar-refractivity contribution in [3.63, 3.8) is 0 Å². The molecule has 1 N–H and O–H groups in total. The average Bonchev–Trinajstić information content (AvgIpc) is 3.28. The maximum atomic E-state index is 5.43. The number of H-pyrrole nitrogens is 1. The number of hydrogen-bond donors (Lipinski definition) is 1. The van der Waals surface area contributed by atoms with E-state index in [1.807, 2.05) is 42.5 Å². The van der Waals surface area contributed by atoms with Crippen LogP contribution in [-0.4, -0.2) is 24.2 Å². The minimum absolute atomic E-state index is 0.727. The van der Waals surface area contributed by atoms with Crippen molar-refractivity contribution >= 4 is 11.0 Å². The standard InChI is InChI=1S/C27H22N2O2/c1-30-25-16-15-22(17-26(25)31-2)20-9-7-18(8-10-20)19-11-13-21(14-12-19)27-28-23-5-3-4-6-24(23)29-27/h3-17H,1-2H3,(H,28,29). The van der Waals surface area contributed by atoms with Gasteiger partial charge in [-0.2, -0.15) is 0 Å². The second-order valence-electron chi connectivity index (χ2n) is 7.33. The lowest BCUT2D eigenvalue weighted by molar-refractivity contribution is 0.355. The zero-order chi connectivity index (χ0) is 21.2. The van der Waals surface area contributed by atoms with Gasteiger partial charge in [-0.1, -0.05) is 66.7 Å². The average molecular weight is 406 g/mol. The minimum Gasteiger partial charge on any atom is -0.493 e. The van der Waals surface area contributed by atoms with Gasteiger partial charge < -0.3 is 14.5 Å². The number of ether oxygens (including phenoxy) is 2. The molecule has 4 aromatic carbocycles. The van der Waals surface area contributed by atoms with E-state index in [0.29, 0.717) is 0 Å². The van der Waals surface area contributed by atoms with Crippen molar-refractivity contribution in [2.45, 2.75) is 0 Å². The first-order valence-corrected chi connectivity index (χ1v) is 10.1. The highest BCUT2D eigenvalue weighted by molar-refractivity contribution is 5.80. The van der Waals surface area contributed by atoms with Crippen LogP contribution >= 0.6 is 0 Å². The molecule has 0 unspecified atom stereocenters. The molecule has 0 atom stereocenters. The molecule has 0 radical (unpaired) electrons. The van der Waals surface area contributed by atoms with Crippen LogP contribution in [0.25, 0.3) is 44.7 Å². The molecule has 5 aromatic rings. The second-order valence-corrected chi connectivity index (χ2v) is 7.33. The Hall–Kier alpha value is -4.05. The number of nitrogens with one attached hydrogen (secondary N) is 1. The summed E-state index contributed by atoms with van der Waals surface area (Å²) in [7, 11) is 3.30. The summed E-state index contributed by atoms with van der Waals surface area (Å²) in [6, 6.07) is 31.1. The van der Waals surface area contributed by atoms with Crippen LogP contribution in [0.2, 0.25) is 0 Å². The Bertz CT molecular complexity index is 1300. The highest BCUT2D eigenvalue weighted by Gasteiger charge is 2.08.